The Labute approximate surface area is 153 Å². The van der Waals surface area contributed by atoms with Gasteiger partial charge in [-0.15, -0.1) is 0 Å². The summed E-state index contributed by atoms with van der Waals surface area (Å²) in [5, 5.41) is 7.17. The molecule has 0 aromatic carbocycles. The Hall–Kier alpha value is -2.64. The number of fused-ring (bicyclic) bond motifs is 1. The highest BCUT2D eigenvalue weighted by Crippen LogP contribution is 2.28. The molecule has 1 aliphatic heterocycles. The number of carbonyl (C=O) groups is 1. The zero-order chi connectivity index (χ0) is 19.0. The fourth-order valence-corrected chi connectivity index (χ4v) is 3.21. The fraction of sp³-hybridized carbons (Fsp3) is 0.556. The van der Waals surface area contributed by atoms with Crippen molar-refractivity contribution in [2.75, 3.05) is 30.9 Å². The molecule has 0 bridgehead atoms. The summed E-state index contributed by atoms with van der Waals surface area (Å²) in [6.07, 6.45) is 0.695. The molecule has 3 rings (SSSR count). The molecule has 0 spiro atoms. The molecule has 1 aliphatic rings. The lowest BCUT2D eigenvalue weighted by atomic mass is 10.0. The van der Waals surface area contributed by atoms with Gasteiger partial charge >= 0.3 is 0 Å². The van der Waals surface area contributed by atoms with Gasteiger partial charge in [-0.1, -0.05) is 5.16 Å². The van der Waals surface area contributed by atoms with E-state index in [0.717, 1.165) is 17.1 Å². The van der Waals surface area contributed by atoms with E-state index in [1.54, 1.807) is 13.8 Å². The second kappa shape index (κ2) is 6.93. The molecule has 0 unspecified atom stereocenters. The normalized spacial score (nSPS) is 13.7. The van der Waals surface area contributed by atoms with Gasteiger partial charge in [0.1, 0.15) is 17.1 Å². The second-order valence-electron chi connectivity index (χ2n) is 7.17. The smallest absolute Gasteiger partial charge is 0.259 e. The topological polar surface area (TPSA) is 87.4 Å². The van der Waals surface area contributed by atoms with E-state index in [4.69, 9.17) is 4.52 Å². The van der Waals surface area contributed by atoms with Gasteiger partial charge in [-0.2, -0.15) is 4.98 Å². The number of carbonyl (C=O) groups excluding carboxylic acids is 1. The number of aromatic nitrogens is 3. The van der Waals surface area contributed by atoms with Crippen molar-refractivity contribution in [2.24, 2.45) is 0 Å². The highest BCUT2D eigenvalue weighted by Gasteiger charge is 2.29. The number of hydrogen-bond acceptors (Lipinski definition) is 7. The number of hydrogen-bond donors (Lipinski definition) is 1. The molecule has 0 saturated heterocycles. The Morgan fingerprint density at radius 3 is 2.58 bits per heavy atom. The molecule has 0 atom stereocenters. The number of nitrogens with one attached hydrogen (secondary N) is 1. The molecule has 1 amide bonds. The molecule has 3 heterocycles. The van der Waals surface area contributed by atoms with E-state index < -0.39 is 0 Å². The largest absolute Gasteiger partial charge is 0.362 e. The van der Waals surface area contributed by atoms with E-state index in [1.807, 2.05) is 23.9 Å². The van der Waals surface area contributed by atoms with Gasteiger partial charge in [0.15, 0.2) is 0 Å². The summed E-state index contributed by atoms with van der Waals surface area (Å²) in [4.78, 5) is 26.1. The van der Waals surface area contributed by atoms with Crippen molar-refractivity contribution in [1.82, 2.24) is 20.0 Å². The number of nitrogens with zero attached hydrogens (tertiary/aromatic N) is 5. The molecule has 8 nitrogen and oxygen atoms in total. The number of anilines is 2. The van der Waals surface area contributed by atoms with Gasteiger partial charge in [-0.25, -0.2) is 4.98 Å². The molecule has 0 aliphatic carbocycles. The first kappa shape index (κ1) is 18.2. The van der Waals surface area contributed by atoms with Gasteiger partial charge in [0.05, 0.1) is 17.9 Å². The van der Waals surface area contributed by atoms with Crippen LogP contribution in [0.15, 0.2) is 4.52 Å². The van der Waals surface area contributed by atoms with Crippen LogP contribution in [0.25, 0.3) is 0 Å². The van der Waals surface area contributed by atoms with Crippen molar-refractivity contribution in [3.63, 3.8) is 0 Å². The van der Waals surface area contributed by atoms with Crippen LogP contribution < -0.4 is 10.2 Å². The Morgan fingerprint density at radius 1 is 1.27 bits per heavy atom. The van der Waals surface area contributed by atoms with Gasteiger partial charge < -0.3 is 19.6 Å². The predicted molar refractivity (Wildman–Crippen MR) is 99.5 cm³/mol. The van der Waals surface area contributed by atoms with Gasteiger partial charge in [0.2, 0.25) is 5.95 Å². The third-order valence-corrected chi connectivity index (χ3v) is 4.41. The zero-order valence-electron chi connectivity index (χ0n) is 16.3. The maximum Gasteiger partial charge on any atom is 0.259 e. The minimum absolute atomic E-state index is 0.0546. The van der Waals surface area contributed by atoms with Crippen LogP contribution in [0, 0.1) is 13.8 Å². The van der Waals surface area contributed by atoms with E-state index in [0.29, 0.717) is 42.5 Å². The van der Waals surface area contributed by atoms with Crippen LogP contribution in [0.2, 0.25) is 0 Å². The first-order chi connectivity index (χ1) is 12.3. The molecule has 2 aromatic heterocycles. The molecule has 0 fully saturated rings. The lowest BCUT2D eigenvalue weighted by Crippen LogP contribution is -2.38. The van der Waals surface area contributed by atoms with Crippen LogP contribution in [0.4, 0.5) is 11.8 Å². The third-order valence-electron chi connectivity index (χ3n) is 4.41. The Morgan fingerprint density at radius 2 is 2.00 bits per heavy atom. The van der Waals surface area contributed by atoms with Crippen molar-refractivity contribution < 1.29 is 9.32 Å². The number of rotatable bonds is 4. The van der Waals surface area contributed by atoms with Crippen LogP contribution in [-0.2, 0) is 13.0 Å². The average molecular weight is 358 g/mol. The van der Waals surface area contributed by atoms with Gasteiger partial charge in [0.25, 0.3) is 5.91 Å². The van der Waals surface area contributed by atoms with E-state index in [-0.39, 0.29) is 11.9 Å². The summed E-state index contributed by atoms with van der Waals surface area (Å²) in [6.45, 7) is 8.77. The molecule has 2 aromatic rings. The summed E-state index contributed by atoms with van der Waals surface area (Å²) < 4.78 is 5.15. The molecular weight excluding hydrogens is 332 g/mol. The van der Waals surface area contributed by atoms with Crippen molar-refractivity contribution in [2.45, 2.75) is 46.7 Å². The van der Waals surface area contributed by atoms with Crippen molar-refractivity contribution in [3.8, 4) is 0 Å². The SMILES string of the molecule is Cc1noc(C)c1C(=O)N1CCc2nc(NC(C)C)nc(N(C)C)c2C1. The molecule has 26 heavy (non-hydrogen) atoms. The van der Waals surface area contributed by atoms with E-state index in [2.05, 4.69) is 34.3 Å². The minimum atomic E-state index is -0.0546. The molecule has 0 saturated carbocycles. The lowest BCUT2D eigenvalue weighted by molar-refractivity contribution is 0.0731. The summed E-state index contributed by atoms with van der Waals surface area (Å²) in [5.74, 6) is 1.97. The highest BCUT2D eigenvalue weighted by atomic mass is 16.5. The van der Waals surface area contributed by atoms with Crippen molar-refractivity contribution in [3.05, 3.63) is 28.3 Å². The number of amides is 1. The van der Waals surface area contributed by atoms with Crippen LogP contribution >= 0.6 is 0 Å². The Balaban J connectivity index is 1.93. The van der Waals surface area contributed by atoms with Crippen LogP contribution in [0.1, 0.15) is 46.9 Å². The van der Waals surface area contributed by atoms with E-state index in [1.165, 1.54) is 0 Å². The van der Waals surface area contributed by atoms with Crippen molar-refractivity contribution in [1.29, 1.82) is 0 Å². The lowest BCUT2D eigenvalue weighted by Gasteiger charge is -2.31. The quantitative estimate of drug-likeness (QED) is 0.896. The molecule has 0 radical (unpaired) electrons. The van der Waals surface area contributed by atoms with Crippen LogP contribution in [0.5, 0.6) is 0 Å². The second-order valence-corrected chi connectivity index (χ2v) is 7.17. The maximum absolute atomic E-state index is 13.0. The van der Waals surface area contributed by atoms with Crippen molar-refractivity contribution >= 4 is 17.7 Å². The highest BCUT2D eigenvalue weighted by molar-refractivity contribution is 5.96. The van der Waals surface area contributed by atoms with E-state index in [9.17, 15) is 4.79 Å². The summed E-state index contributed by atoms with van der Waals surface area (Å²) in [6, 6.07) is 0.254. The minimum Gasteiger partial charge on any atom is -0.362 e. The van der Waals surface area contributed by atoms with Crippen LogP contribution in [0.3, 0.4) is 0 Å². The summed E-state index contributed by atoms with van der Waals surface area (Å²) >= 11 is 0. The Kier molecular flexibility index (Phi) is 4.84. The third kappa shape index (κ3) is 3.36. The molecular formula is C18H26N6O2. The number of aryl methyl sites for hydroxylation is 2. The van der Waals surface area contributed by atoms with Crippen LogP contribution in [-0.4, -0.2) is 52.6 Å². The summed E-state index contributed by atoms with van der Waals surface area (Å²) in [7, 11) is 3.91. The van der Waals surface area contributed by atoms with Gasteiger partial charge in [0, 0.05) is 38.7 Å². The predicted octanol–water partition coefficient (Wildman–Crippen LogP) is 2.17. The zero-order valence-corrected chi connectivity index (χ0v) is 16.3. The molecule has 140 valence electrons. The maximum atomic E-state index is 13.0. The van der Waals surface area contributed by atoms with E-state index >= 15 is 0 Å². The fourth-order valence-electron chi connectivity index (χ4n) is 3.21. The van der Waals surface area contributed by atoms with Gasteiger partial charge in [-0.05, 0) is 27.7 Å². The molecule has 1 N–H and O–H groups in total. The Bertz CT molecular complexity index is 808. The molecule has 8 heteroatoms. The summed E-state index contributed by atoms with van der Waals surface area (Å²) in [5.41, 5.74) is 3.17. The average Bonchev–Trinajstić information content (AvgIpc) is 2.91. The standard InChI is InChI=1S/C18H26N6O2/c1-10(2)19-18-20-14-7-8-24(9-13(14)16(21-18)23(5)6)17(25)15-11(3)22-26-12(15)4/h10H,7-9H2,1-6H3,(H,19,20,21). The first-order valence-corrected chi connectivity index (χ1v) is 8.83. The first-order valence-electron chi connectivity index (χ1n) is 8.83. The monoisotopic (exact) mass is 358 g/mol. The van der Waals surface area contributed by atoms with Gasteiger partial charge in [-0.3, -0.25) is 4.79 Å².